The average Bonchev–Trinajstić information content (AvgIpc) is 2.92. The van der Waals surface area contributed by atoms with Crippen molar-refractivity contribution in [1.29, 1.82) is 0 Å². The number of hydrogen-bond donors (Lipinski definition) is 2. The Hall–Kier alpha value is -2.20. The summed E-state index contributed by atoms with van der Waals surface area (Å²) in [6.45, 7) is 6.07. The fourth-order valence-electron chi connectivity index (χ4n) is 2.79. The molecule has 0 aliphatic carbocycles. The Kier molecular flexibility index (Phi) is 8.04. The van der Waals surface area contributed by atoms with Gasteiger partial charge in [0.15, 0.2) is 0 Å². The fraction of sp³-hybridized carbons (Fsp3) is 0.526. The number of carbonyl (C=O) groups is 1. The third-order valence-corrected chi connectivity index (χ3v) is 5.00. The van der Waals surface area contributed by atoms with Crippen LogP contribution >= 0.6 is 23.2 Å². The van der Waals surface area contributed by atoms with Crippen molar-refractivity contribution in [3.63, 3.8) is 0 Å². The molecule has 1 aromatic carbocycles. The maximum Gasteiger partial charge on any atom is 0.406 e. The van der Waals surface area contributed by atoms with Crippen LogP contribution < -0.4 is 16.3 Å². The molecule has 1 amide bonds. The molecule has 1 unspecified atom stereocenters. The zero-order chi connectivity index (χ0) is 23.5. The maximum atomic E-state index is 12.8. The molecule has 0 aliphatic rings. The molecular formula is C19H24Cl2F3N5O2. The van der Waals surface area contributed by atoms with Crippen molar-refractivity contribution < 1.29 is 18.0 Å². The summed E-state index contributed by atoms with van der Waals surface area (Å²) in [5.41, 5.74) is -0.658. The van der Waals surface area contributed by atoms with Gasteiger partial charge >= 0.3 is 11.9 Å². The number of hydrogen-bond acceptors (Lipinski definition) is 4. The van der Waals surface area contributed by atoms with E-state index in [1.807, 2.05) is 20.8 Å². The lowest BCUT2D eigenvalue weighted by Gasteiger charge is -2.20. The van der Waals surface area contributed by atoms with Crippen LogP contribution in [0, 0.1) is 12.8 Å². The molecule has 0 bridgehead atoms. The zero-order valence-corrected chi connectivity index (χ0v) is 19.0. The molecule has 7 nitrogen and oxygen atoms in total. The van der Waals surface area contributed by atoms with E-state index >= 15 is 0 Å². The van der Waals surface area contributed by atoms with E-state index in [4.69, 9.17) is 23.2 Å². The van der Waals surface area contributed by atoms with Gasteiger partial charge in [0, 0.05) is 6.54 Å². The van der Waals surface area contributed by atoms with Crippen LogP contribution in [-0.4, -0.2) is 39.0 Å². The van der Waals surface area contributed by atoms with Crippen LogP contribution in [-0.2, 0) is 11.3 Å². The average molecular weight is 482 g/mol. The van der Waals surface area contributed by atoms with Gasteiger partial charge in [-0.05, 0) is 31.4 Å². The van der Waals surface area contributed by atoms with Crippen LogP contribution in [0.5, 0.6) is 0 Å². The number of nitrogens with zero attached hydrogens (tertiary/aromatic N) is 3. The van der Waals surface area contributed by atoms with Crippen LogP contribution in [0.25, 0.3) is 5.69 Å². The van der Waals surface area contributed by atoms with E-state index in [0.29, 0.717) is 23.2 Å². The monoisotopic (exact) mass is 481 g/mol. The minimum absolute atomic E-state index is 0.0200. The molecule has 0 saturated heterocycles. The normalized spacial score (nSPS) is 12.8. The Bertz CT molecular complexity index is 1000. The third-order valence-electron chi connectivity index (χ3n) is 4.39. The summed E-state index contributed by atoms with van der Waals surface area (Å²) in [5.74, 6) is -0.0808. The van der Waals surface area contributed by atoms with Crippen LogP contribution in [0.1, 0.15) is 33.0 Å². The summed E-state index contributed by atoms with van der Waals surface area (Å²) >= 11 is 12.4. The van der Waals surface area contributed by atoms with Gasteiger partial charge in [-0.2, -0.15) is 23.0 Å². The fourth-order valence-corrected chi connectivity index (χ4v) is 3.31. The van der Waals surface area contributed by atoms with Crippen molar-refractivity contribution in [2.24, 2.45) is 5.92 Å². The van der Waals surface area contributed by atoms with Crippen molar-refractivity contribution in [2.75, 3.05) is 11.9 Å². The van der Waals surface area contributed by atoms with Crippen LogP contribution in [0.4, 0.5) is 18.9 Å². The Morgan fingerprint density at radius 1 is 1.23 bits per heavy atom. The number of nitrogens with one attached hydrogen (secondary N) is 2. The predicted octanol–water partition coefficient (Wildman–Crippen LogP) is 4.17. The first-order chi connectivity index (χ1) is 14.3. The smallest absolute Gasteiger partial charge is 0.372 e. The Balaban J connectivity index is 2.41. The molecule has 2 rings (SSSR count). The van der Waals surface area contributed by atoms with Crippen LogP contribution in [0.2, 0.25) is 10.0 Å². The summed E-state index contributed by atoms with van der Waals surface area (Å²) in [6.07, 6.45) is -4.14. The molecule has 31 heavy (non-hydrogen) atoms. The number of aromatic nitrogens is 3. The maximum absolute atomic E-state index is 12.8. The number of amides is 1. The number of halogens is 5. The van der Waals surface area contributed by atoms with E-state index in [9.17, 15) is 22.8 Å². The summed E-state index contributed by atoms with van der Waals surface area (Å²) in [5, 5.41) is 9.94. The molecular weight excluding hydrogens is 458 g/mol. The second-order valence-electron chi connectivity index (χ2n) is 7.47. The molecule has 0 fully saturated rings. The number of alkyl halides is 3. The minimum atomic E-state index is -4.59. The zero-order valence-electron chi connectivity index (χ0n) is 17.5. The van der Waals surface area contributed by atoms with E-state index in [1.54, 1.807) is 0 Å². The molecule has 1 atom stereocenters. The van der Waals surface area contributed by atoms with Crippen molar-refractivity contribution >= 4 is 34.8 Å². The number of aryl methyl sites for hydroxylation is 1. The molecule has 0 spiro atoms. The molecule has 0 radical (unpaired) electrons. The molecule has 172 valence electrons. The number of carbonyl (C=O) groups excluding carboxylic acids is 1. The van der Waals surface area contributed by atoms with Gasteiger partial charge < -0.3 is 10.6 Å². The van der Waals surface area contributed by atoms with Gasteiger partial charge in [-0.15, -0.1) is 0 Å². The van der Waals surface area contributed by atoms with Crippen molar-refractivity contribution in [1.82, 2.24) is 19.7 Å². The first-order valence-electron chi connectivity index (χ1n) is 9.60. The van der Waals surface area contributed by atoms with Gasteiger partial charge in [0.1, 0.15) is 18.4 Å². The first-order valence-corrected chi connectivity index (χ1v) is 10.4. The second kappa shape index (κ2) is 9.95. The number of anilines is 1. The lowest BCUT2D eigenvalue weighted by molar-refractivity contribution is -0.141. The van der Waals surface area contributed by atoms with Gasteiger partial charge in [-0.25, -0.2) is 4.79 Å². The molecule has 2 aromatic rings. The SMILES string of the molecule is CCC(Nc1cc(-n2nc(C)n(CC(F)(F)F)c2=O)c(Cl)cc1Cl)C(=O)NCC(C)C. The van der Waals surface area contributed by atoms with E-state index < -0.39 is 24.5 Å². The molecule has 1 heterocycles. The van der Waals surface area contributed by atoms with Gasteiger partial charge in [-0.3, -0.25) is 9.36 Å². The minimum Gasteiger partial charge on any atom is -0.372 e. The first kappa shape index (κ1) is 25.1. The highest BCUT2D eigenvalue weighted by molar-refractivity contribution is 6.37. The predicted molar refractivity (Wildman–Crippen MR) is 114 cm³/mol. The second-order valence-corrected chi connectivity index (χ2v) is 8.28. The summed E-state index contributed by atoms with van der Waals surface area (Å²) in [6, 6.07) is 2.10. The Labute approximate surface area is 187 Å². The van der Waals surface area contributed by atoms with Gasteiger partial charge in [0.25, 0.3) is 0 Å². The number of rotatable bonds is 8. The largest absolute Gasteiger partial charge is 0.406 e. The van der Waals surface area contributed by atoms with Crippen LogP contribution in [0.15, 0.2) is 16.9 Å². The third kappa shape index (κ3) is 6.39. The standard InChI is InChI=1S/C19H24Cl2F3N5O2/c1-5-14(17(30)25-8-10(2)3)26-15-7-16(13(21)6-12(15)20)29-18(31)28(11(4)27-29)9-19(22,23)24/h6-7,10,14,26H,5,8-9H2,1-4H3,(H,25,30). The van der Waals surface area contributed by atoms with E-state index in [1.165, 1.54) is 19.1 Å². The lowest BCUT2D eigenvalue weighted by Crippen LogP contribution is -2.40. The highest BCUT2D eigenvalue weighted by Crippen LogP contribution is 2.31. The van der Waals surface area contributed by atoms with Gasteiger partial charge in [0.2, 0.25) is 5.91 Å². The van der Waals surface area contributed by atoms with E-state index in [-0.39, 0.29) is 33.4 Å². The van der Waals surface area contributed by atoms with E-state index in [0.717, 1.165) is 4.68 Å². The van der Waals surface area contributed by atoms with Crippen molar-refractivity contribution in [2.45, 2.75) is 52.9 Å². The lowest BCUT2D eigenvalue weighted by atomic mass is 10.1. The van der Waals surface area contributed by atoms with Gasteiger partial charge in [-0.1, -0.05) is 44.0 Å². The van der Waals surface area contributed by atoms with E-state index in [2.05, 4.69) is 15.7 Å². The van der Waals surface area contributed by atoms with Crippen LogP contribution in [0.3, 0.4) is 0 Å². The quantitative estimate of drug-likeness (QED) is 0.592. The summed E-state index contributed by atoms with van der Waals surface area (Å²) in [7, 11) is 0. The molecule has 0 aliphatic heterocycles. The summed E-state index contributed by atoms with van der Waals surface area (Å²) < 4.78 is 39.7. The Morgan fingerprint density at radius 2 is 1.87 bits per heavy atom. The highest BCUT2D eigenvalue weighted by Gasteiger charge is 2.31. The molecule has 2 N–H and O–H groups in total. The summed E-state index contributed by atoms with van der Waals surface area (Å²) in [4.78, 5) is 25.0. The van der Waals surface area contributed by atoms with Crippen molar-refractivity contribution in [3.05, 3.63) is 38.5 Å². The highest BCUT2D eigenvalue weighted by atomic mass is 35.5. The Morgan fingerprint density at radius 3 is 2.42 bits per heavy atom. The molecule has 1 aromatic heterocycles. The molecule has 12 heteroatoms. The molecule has 0 saturated carbocycles. The number of benzene rings is 1. The van der Waals surface area contributed by atoms with Crippen molar-refractivity contribution in [3.8, 4) is 5.69 Å². The van der Waals surface area contributed by atoms with Gasteiger partial charge in [0.05, 0.1) is 21.4 Å². The topological polar surface area (TPSA) is 81.0 Å².